The van der Waals surface area contributed by atoms with Crippen LogP contribution >= 0.6 is 11.6 Å². The third-order valence-corrected chi connectivity index (χ3v) is 5.88. The first-order chi connectivity index (χ1) is 13.8. The van der Waals surface area contributed by atoms with Gasteiger partial charge in [-0.1, -0.05) is 29.8 Å². The number of hydrogen-bond acceptors (Lipinski definition) is 4. The fourth-order valence-electron chi connectivity index (χ4n) is 4.07. The number of anilines is 1. The molecule has 1 aromatic heterocycles. The van der Waals surface area contributed by atoms with E-state index in [0.717, 1.165) is 54.1 Å². The number of piperidine rings is 1. The lowest BCUT2D eigenvalue weighted by molar-refractivity contribution is 0.213. The number of fused-ring (bicyclic) bond motifs is 1. The number of halogens is 1. The Balaban J connectivity index is 1.15. The van der Waals surface area contributed by atoms with Crippen molar-refractivity contribution in [1.82, 2.24) is 15.2 Å². The van der Waals surface area contributed by atoms with E-state index in [1.807, 2.05) is 30.5 Å². The van der Waals surface area contributed by atoms with E-state index in [1.165, 1.54) is 31.5 Å². The molecular formula is C23H29ClN4. The Kier molecular flexibility index (Phi) is 6.63. The Morgan fingerprint density at radius 2 is 2.04 bits per heavy atom. The van der Waals surface area contributed by atoms with Crippen molar-refractivity contribution in [2.75, 3.05) is 38.0 Å². The van der Waals surface area contributed by atoms with Crippen LogP contribution in [0.25, 0.3) is 10.9 Å². The van der Waals surface area contributed by atoms with E-state index in [9.17, 15) is 0 Å². The van der Waals surface area contributed by atoms with Gasteiger partial charge in [0.05, 0.1) is 5.52 Å². The van der Waals surface area contributed by atoms with Crippen LogP contribution in [-0.2, 0) is 0 Å². The predicted molar refractivity (Wildman–Crippen MR) is 119 cm³/mol. The highest BCUT2D eigenvalue weighted by Gasteiger charge is 2.19. The van der Waals surface area contributed by atoms with Crippen LogP contribution in [0.1, 0.15) is 25.7 Å². The minimum absolute atomic E-state index is 0.660. The summed E-state index contributed by atoms with van der Waals surface area (Å²) in [5.74, 6) is 0. The lowest BCUT2D eigenvalue weighted by atomic mass is 10.0. The van der Waals surface area contributed by atoms with Crippen molar-refractivity contribution >= 4 is 28.2 Å². The van der Waals surface area contributed by atoms with Gasteiger partial charge in [-0.3, -0.25) is 9.88 Å². The Morgan fingerprint density at radius 1 is 1.14 bits per heavy atom. The number of aromatic nitrogens is 1. The van der Waals surface area contributed by atoms with Gasteiger partial charge in [0, 0.05) is 41.4 Å². The van der Waals surface area contributed by atoms with Crippen LogP contribution < -0.4 is 10.6 Å². The standard InChI is InChI=1S/C23H29ClN4/c24-19-6-7-21-22(8-13-27-23(21)16-19)26-12-3-11-25-20-9-14-28(15-10-20)17-18-4-1-2-5-18/h1,4-8,13,16,20,25H,2-3,9-12,14-15,17H2,(H,26,27). The van der Waals surface area contributed by atoms with E-state index < -0.39 is 0 Å². The van der Waals surface area contributed by atoms with Crippen LogP contribution in [0.15, 0.2) is 54.3 Å². The zero-order chi connectivity index (χ0) is 19.2. The number of nitrogens with zero attached hydrogens (tertiary/aromatic N) is 2. The summed E-state index contributed by atoms with van der Waals surface area (Å²) in [6.07, 6.45) is 13.4. The number of allylic oxidation sites excluding steroid dienone is 2. The fourth-order valence-corrected chi connectivity index (χ4v) is 4.24. The first-order valence-electron chi connectivity index (χ1n) is 10.4. The van der Waals surface area contributed by atoms with Crippen molar-refractivity contribution in [3.05, 3.63) is 59.3 Å². The van der Waals surface area contributed by atoms with Gasteiger partial charge in [-0.05, 0) is 75.2 Å². The predicted octanol–water partition coefficient (Wildman–Crippen LogP) is 4.63. The van der Waals surface area contributed by atoms with E-state index in [1.54, 1.807) is 0 Å². The first-order valence-corrected chi connectivity index (χ1v) is 10.8. The highest BCUT2D eigenvalue weighted by molar-refractivity contribution is 6.31. The van der Waals surface area contributed by atoms with Crippen molar-refractivity contribution < 1.29 is 0 Å². The van der Waals surface area contributed by atoms with Gasteiger partial charge in [0.1, 0.15) is 0 Å². The largest absolute Gasteiger partial charge is 0.384 e. The smallest absolute Gasteiger partial charge is 0.0737 e. The molecule has 1 aliphatic carbocycles. The molecule has 28 heavy (non-hydrogen) atoms. The summed E-state index contributed by atoms with van der Waals surface area (Å²) >= 11 is 6.06. The molecule has 5 heteroatoms. The Labute approximate surface area is 172 Å². The molecule has 1 aliphatic heterocycles. The van der Waals surface area contributed by atoms with Gasteiger partial charge in [-0.2, -0.15) is 0 Å². The molecule has 1 saturated heterocycles. The van der Waals surface area contributed by atoms with Gasteiger partial charge in [-0.15, -0.1) is 0 Å². The second kappa shape index (κ2) is 9.55. The first kappa shape index (κ1) is 19.4. The maximum absolute atomic E-state index is 6.06. The fraction of sp³-hybridized carbons (Fsp3) is 0.435. The molecule has 2 N–H and O–H groups in total. The van der Waals surface area contributed by atoms with Crippen molar-refractivity contribution in [2.24, 2.45) is 0 Å². The molecule has 0 atom stereocenters. The third kappa shape index (κ3) is 5.13. The molecule has 0 radical (unpaired) electrons. The molecule has 1 aromatic carbocycles. The molecule has 1 fully saturated rings. The summed E-state index contributed by atoms with van der Waals surface area (Å²) < 4.78 is 0. The molecule has 0 amide bonds. The highest BCUT2D eigenvalue weighted by atomic mass is 35.5. The number of rotatable bonds is 8. The van der Waals surface area contributed by atoms with E-state index in [4.69, 9.17) is 11.6 Å². The van der Waals surface area contributed by atoms with Gasteiger partial charge in [0.2, 0.25) is 0 Å². The van der Waals surface area contributed by atoms with Crippen molar-refractivity contribution in [2.45, 2.75) is 31.7 Å². The van der Waals surface area contributed by atoms with Crippen molar-refractivity contribution in [1.29, 1.82) is 0 Å². The van der Waals surface area contributed by atoms with Crippen LogP contribution in [0.3, 0.4) is 0 Å². The summed E-state index contributed by atoms with van der Waals surface area (Å²) in [5.41, 5.74) is 3.56. The summed E-state index contributed by atoms with van der Waals surface area (Å²) in [4.78, 5) is 6.98. The van der Waals surface area contributed by atoms with E-state index >= 15 is 0 Å². The van der Waals surface area contributed by atoms with Crippen molar-refractivity contribution in [3.63, 3.8) is 0 Å². The molecule has 2 aromatic rings. The minimum atomic E-state index is 0.660. The highest BCUT2D eigenvalue weighted by Crippen LogP contribution is 2.24. The second-order valence-electron chi connectivity index (χ2n) is 7.72. The zero-order valence-corrected chi connectivity index (χ0v) is 17.1. The van der Waals surface area contributed by atoms with Crippen LogP contribution in [0.4, 0.5) is 5.69 Å². The van der Waals surface area contributed by atoms with Gasteiger partial charge in [0.15, 0.2) is 0 Å². The van der Waals surface area contributed by atoms with Gasteiger partial charge in [0.25, 0.3) is 0 Å². The van der Waals surface area contributed by atoms with E-state index in [0.29, 0.717) is 6.04 Å². The molecule has 4 rings (SSSR count). The summed E-state index contributed by atoms with van der Waals surface area (Å²) in [6.45, 7) is 5.53. The number of benzene rings is 1. The Bertz CT molecular complexity index is 853. The molecule has 0 unspecified atom stereocenters. The normalized spacial score (nSPS) is 18.0. The van der Waals surface area contributed by atoms with Gasteiger partial charge < -0.3 is 10.6 Å². The van der Waals surface area contributed by atoms with E-state index in [-0.39, 0.29) is 0 Å². The average molecular weight is 397 g/mol. The van der Waals surface area contributed by atoms with Gasteiger partial charge in [-0.25, -0.2) is 0 Å². The van der Waals surface area contributed by atoms with Crippen LogP contribution in [0, 0.1) is 0 Å². The van der Waals surface area contributed by atoms with Crippen LogP contribution in [0.5, 0.6) is 0 Å². The number of hydrogen-bond donors (Lipinski definition) is 2. The quantitative estimate of drug-likeness (QED) is 0.638. The van der Waals surface area contributed by atoms with Crippen LogP contribution in [-0.4, -0.2) is 48.6 Å². The SMILES string of the molecule is Clc1ccc2c(NCCCNC3CCN(CC4=CCC=C4)CC3)ccnc2c1. The number of pyridine rings is 1. The molecule has 148 valence electrons. The zero-order valence-electron chi connectivity index (χ0n) is 16.3. The van der Waals surface area contributed by atoms with E-state index in [2.05, 4.69) is 38.7 Å². The van der Waals surface area contributed by atoms with Gasteiger partial charge >= 0.3 is 0 Å². The summed E-state index contributed by atoms with van der Waals surface area (Å²) in [7, 11) is 0. The van der Waals surface area contributed by atoms with Crippen molar-refractivity contribution in [3.8, 4) is 0 Å². The molecule has 0 saturated carbocycles. The lowest BCUT2D eigenvalue weighted by Crippen LogP contribution is -2.43. The minimum Gasteiger partial charge on any atom is -0.384 e. The summed E-state index contributed by atoms with van der Waals surface area (Å²) in [5, 5.41) is 9.14. The Hall–Kier alpha value is -1.88. The maximum atomic E-state index is 6.06. The Morgan fingerprint density at radius 3 is 2.86 bits per heavy atom. The molecular weight excluding hydrogens is 368 g/mol. The molecule has 0 bridgehead atoms. The number of nitrogens with one attached hydrogen (secondary N) is 2. The molecule has 2 aliphatic rings. The number of likely N-dealkylation sites (tertiary alicyclic amines) is 1. The second-order valence-corrected chi connectivity index (χ2v) is 8.16. The lowest BCUT2D eigenvalue weighted by Gasteiger charge is -2.32. The van der Waals surface area contributed by atoms with Crippen LogP contribution in [0.2, 0.25) is 5.02 Å². The average Bonchev–Trinajstić information content (AvgIpc) is 3.22. The monoisotopic (exact) mass is 396 g/mol. The topological polar surface area (TPSA) is 40.2 Å². The maximum Gasteiger partial charge on any atom is 0.0737 e. The summed E-state index contributed by atoms with van der Waals surface area (Å²) in [6, 6.07) is 8.57. The third-order valence-electron chi connectivity index (χ3n) is 5.65. The molecule has 0 spiro atoms. The molecule has 2 heterocycles. The molecule has 4 nitrogen and oxygen atoms in total.